The van der Waals surface area contributed by atoms with Crippen LogP contribution in [0.1, 0.15) is 16.8 Å². The topological polar surface area (TPSA) is 56.3 Å². The molecule has 0 atom stereocenters. The maximum atomic E-state index is 5.40. The van der Waals surface area contributed by atoms with Crippen LogP contribution >= 0.6 is 0 Å². The largest absolute Gasteiger partial charge is 0.481 e. The fraction of sp³-hybridized carbons (Fsp3) is 0.286. The van der Waals surface area contributed by atoms with E-state index in [4.69, 9.17) is 9.57 Å². The summed E-state index contributed by atoms with van der Waals surface area (Å²) in [5.41, 5.74) is 5.79. The van der Waals surface area contributed by atoms with Crippen LogP contribution in [-0.4, -0.2) is 17.1 Å². The Morgan fingerprint density at radius 3 is 2.68 bits per heavy atom. The van der Waals surface area contributed by atoms with E-state index in [1.54, 1.807) is 7.11 Å². The molecule has 0 saturated heterocycles. The summed E-state index contributed by atoms with van der Waals surface area (Å²) in [6.45, 7) is 2.95. The van der Waals surface area contributed by atoms with Gasteiger partial charge in [0.2, 0.25) is 5.88 Å². The van der Waals surface area contributed by atoms with Gasteiger partial charge in [-0.25, -0.2) is 9.97 Å². The lowest BCUT2D eigenvalue weighted by Crippen LogP contribution is -2.16. The van der Waals surface area contributed by atoms with Gasteiger partial charge in [0.05, 0.1) is 26.0 Å². The Hall–Kier alpha value is -1.98. The van der Waals surface area contributed by atoms with Gasteiger partial charge in [-0.15, -0.1) is 0 Å². The summed E-state index contributed by atoms with van der Waals surface area (Å²) in [5.74, 6) is 0.592. The molecule has 1 aromatic heterocycles. The quantitative estimate of drug-likeness (QED) is 0.635. The highest BCUT2D eigenvalue weighted by molar-refractivity contribution is 5.27. The molecule has 0 aliphatic heterocycles. The Balaban J connectivity index is 1.83. The van der Waals surface area contributed by atoms with Crippen molar-refractivity contribution >= 4 is 0 Å². The van der Waals surface area contributed by atoms with Crippen molar-refractivity contribution in [3.63, 3.8) is 0 Å². The zero-order valence-corrected chi connectivity index (χ0v) is 11.1. The maximum absolute atomic E-state index is 5.40. The molecule has 0 radical (unpaired) electrons. The van der Waals surface area contributed by atoms with Crippen LogP contribution in [0.2, 0.25) is 0 Å². The molecule has 1 N–H and O–H groups in total. The van der Waals surface area contributed by atoms with Gasteiger partial charge < -0.3 is 4.74 Å². The highest BCUT2D eigenvalue weighted by Gasteiger charge is 2.06. The molecule has 0 aliphatic carbocycles. The molecule has 2 aromatic rings. The zero-order valence-electron chi connectivity index (χ0n) is 11.1. The summed E-state index contributed by atoms with van der Waals surface area (Å²) in [4.78, 5) is 13.6. The molecular weight excluding hydrogens is 242 g/mol. The van der Waals surface area contributed by atoms with Crippen molar-refractivity contribution < 1.29 is 9.57 Å². The van der Waals surface area contributed by atoms with E-state index in [9.17, 15) is 0 Å². The van der Waals surface area contributed by atoms with Crippen molar-refractivity contribution in [3.05, 3.63) is 53.5 Å². The lowest BCUT2D eigenvalue weighted by Gasteiger charge is -2.09. The first kappa shape index (κ1) is 13.5. The van der Waals surface area contributed by atoms with E-state index in [1.165, 1.54) is 6.33 Å². The normalized spacial score (nSPS) is 10.4. The Bertz CT molecular complexity index is 517. The molecule has 1 heterocycles. The van der Waals surface area contributed by atoms with Crippen molar-refractivity contribution in [2.24, 2.45) is 0 Å². The molecule has 0 bridgehead atoms. The van der Waals surface area contributed by atoms with Gasteiger partial charge >= 0.3 is 0 Å². The molecule has 0 saturated carbocycles. The standard InChI is InChI=1S/C14H17N3O2/c1-11-13(15-10-16-14(11)18-2)8-17-19-9-12-6-4-3-5-7-12/h3-7,10,17H,8-9H2,1-2H3. The van der Waals surface area contributed by atoms with Gasteiger partial charge in [0.15, 0.2) is 0 Å². The number of methoxy groups -OCH3 is 1. The monoisotopic (exact) mass is 259 g/mol. The van der Waals surface area contributed by atoms with E-state index in [1.807, 2.05) is 37.3 Å². The minimum atomic E-state index is 0.511. The number of nitrogens with one attached hydrogen (secondary N) is 1. The van der Waals surface area contributed by atoms with Crippen LogP contribution in [-0.2, 0) is 18.0 Å². The number of nitrogens with zero attached hydrogens (tertiary/aromatic N) is 2. The number of ether oxygens (including phenoxy) is 1. The first-order valence-corrected chi connectivity index (χ1v) is 6.04. The van der Waals surface area contributed by atoms with Crippen molar-refractivity contribution in [2.75, 3.05) is 7.11 Å². The van der Waals surface area contributed by atoms with Gasteiger partial charge in [-0.2, -0.15) is 5.48 Å². The van der Waals surface area contributed by atoms with Crippen LogP contribution in [0, 0.1) is 6.92 Å². The number of aromatic nitrogens is 2. The van der Waals surface area contributed by atoms with Crippen molar-refractivity contribution in [2.45, 2.75) is 20.1 Å². The maximum Gasteiger partial charge on any atom is 0.219 e. The molecular formula is C14H17N3O2. The molecule has 19 heavy (non-hydrogen) atoms. The number of rotatable bonds is 6. The summed E-state index contributed by atoms with van der Waals surface area (Å²) < 4.78 is 5.14. The van der Waals surface area contributed by atoms with Gasteiger partial charge in [-0.05, 0) is 12.5 Å². The predicted octanol–water partition coefficient (Wildman–Crippen LogP) is 2.02. The van der Waals surface area contributed by atoms with Crippen molar-refractivity contribution in [3.8, 4) is 5.88 Å². The Kier molecular flexibility index (Phi) is 4.83. The fourth-order valence-corrected chi connectivity index (χ4v) is 1.68. The number of benzene rings is 1. The Morgan fingerprint density at radius 1 is 1.16 bits per heavy atom. The van der Waals surface area contributed by atoms with Crippen LogP contribution in [0.3, 0.4) is 0 Å². The summed E-state index contributed by atoms with van der Waals surface area (Å²) in [5, 5.41) is 0. The SMILES string of the molecule is COc1ncnc(CNOCc2ccccc2)c1C. The summed E-state index contributed by atoms with van der Waals surface area (Å²) in [7, 11) is 1.60. The average molecular weight is 259 g/mol. The second-order valence-electron chi connectivity index (χ2n) is 4.05. The lowest BCUT2D eigenvalue weighted by molar-refractivity contribution is 0.0227. The number of hydrogen-bond acceptors (Lipinski definition) is 5. The second kappa shape index (κ2) is 6.82. The van der Waals surface area contributed by atoms with Crippen LogP contribution < -0.4 is 10.2 Å². The highest BCUT2D eigenvalue weighted by atomic mass is 16.6. The van der Waals surface area contributed by atoms with Gasteiger partial charge in [-0.1, -0.05) is 30.3 Å². The summed E-state index contributed by atoms with van der Waals surface area (Å²) >= 11 is 0. The molecule has 0 unspecified atom stereocenters. The van der Waals surface area contributed by atoms with Gasteiger partial charge in [0.25, 0.3) is 0 Å². The lowest BCUT2D eigenvalue weighted by atomic mass is 10.2. The average Bonchev–Trinajstić information content (AvgIpc) is 2.46. The molecule has 5 nitrogen and oxygen atoms in total. The third-order valence-corrected chi connectivity index (χ3v) is 2.76. The van der Waals surface area contributed by atoms with E-state index in [0.717, 1.165) is 16.8 Å². The molecule has 100 valence electrons. The smallest absolute Gasteiger partial charge is 0.219 e. The molecule has 1 aromatic carbocycles. The Labute approximate surface area is 112 Å². The van der Waals surface area contributed by atoms with Gasteiger partial charge in [0, 0.05) is 5.56 Å². The third kappa shape index (κ3) is 3.74. The van der Waals surface area contributed by atoms with E-state index in [-0.39, 0.29) is 0 Å². The first-order chi connectivity index (χ1) is 9.31. The molecule has 5 heteroatoms. The van der Waals surface area contributed by atoms with E-state index in [0.29, 0.717) is 19.0 Å². The Morgan fingerprint density at radius 2 is 1.95 bits per heavy atom. The second-order valence-corrected chi connectivity index (χ2v) is 4.05. The van der Waals surface area contributed by atoms with Crippen LogP contribution in [0.15, 0.2) is 36.7 Å². The number of hydroxylamine groups is 1. The van der Waals surface area contributed by atoms with Gasteiger partial charge in [-0.3, -0.25) is 4.84 Å². The van der Waals surface area contributed by atoms with Crippen LogP contribution in [0.25, 0.3) is 0 Å². The van der Waals surface area contributed by atoms with Crippen molar-refractivity contribution in [1.29, 1.82) is 0 Å². The zero-order chi connectivity index (χ0) is 13.5. The molecule has 0 spiro atoms. The molecule has 2 rings (SSSR count). The van der Waals surface area contributed by atoms with Gasteiger partial charge in [0.1, 0.15) is 6.33 Å². The fourth-order valence-electron chi connectivity index (χ4n) is 1.68. The summed E-state index contributed by atoms with van der Waals surface area (Å²) in [6.07, 6.45) is 1.49. The molecule has 0 amide bonds. The van der Waals surface area contributed by atoms with Crippen molar-refractivity contribution in [1.82, 2.24) is 15.4 Å². The third-order valence-electron chi connectivity index (χ3n) is 2.76. The van der Waals surface area contributed by atoms with E-state index in [2.05, 4.69) is 15.4 Å². The predicted molar refractivity (Wildman–Crippen MR) is 71.4 cm³/mol. The first-order valence-electron chi connectivity index (χ1n) is 6.04. The van der Waals surface area contributed by atoms with Crippen LogP contribution in [0.5, 0.6) is 5.88 Å². The number of hydrogen-bond donors (Lipinski definition) is 1. The molecule has 0 fully saturated rings. The highest BCUT2D eigenvalue weighted by Crippen LogP contribution is 2.15. The molecule has 0 aliphatic rings. The summed E-state index contributed by atoms with van der Waals surface area (Å²) in [6, 6.07) is 9.98. The van der Waals surface area contributed by atoms with Crippen LogP contribution in [0.4, 0.5) is 0 Å². The minimum Gasteiger partial charge on any atom is -0.481 e. The van der Waals surface area contributed by atoms with E-state index < -0.39 is 0 Å². The minimum absolute atomic E-state index is 0.511. The van der Waals surface area contributed by atoms with E-state index >= 15 is 0 Å².